The number of ether oxygens (including phenoxy) is 1. The maximum atomic E-state index is 6.49. The van der Waals surface area contributed by atoms with E-state index in [4.69, 9.17) is 4.74 Å². The molecule has 0 amide bonds. The molecule has 1 saturated heterocycles. The largest absolute Gasteiger partial charge is 0.474 e. The van der Waals surface area contributed by atoms with Crippen LogP contribution in [0, 0.1) is 13.8 Å². The molecule has 3 aromatic heterocycles. The maximum absolute atomic E-state index is 6.49. The predicted molar refractivity (Wildman–Crippen MR) is 119 cm³/mol. The molecule has 1 aliphatic heterocycles. The molecule has 6 nitrogen and oxygen atoms in total. The summed E-state index contributed by atoms with van der Waals surface area (Å²) in [4.78, 5) is 11.8. The lowest BCUT2D eigenvalue weighted by Gasteiger charge is -2.32. The number of hydrogen-bond donors (Lipinski definition) is 0. The zero-order valence-corrected chi connectivity index (χ0v) is 18.5. The first-order chi connectivity index (χ1) is 14.6. The molecule has 0 aromatic carbocycles. The summed E-state index contributed by atoms with van der Waals surface area (Å²) in [6, 6.07) is 4.90. The van der Waals surface area contributed by atoms with Gasteiger partial charge in [-0.1, -0.05) is 12.8 Å². The van der Waals surface area contributed by atoms with E-state index in [-0.39, 0.29) is 6.10 Å². The molecule has 3 aromatic rings. The van der Waals surface area contributed by atoms with Gasteiger partial charge >= 0.3 is 0 Å². The minimum Gasteiger partial charge on any atom is -0.474 e. The quantitative estimate of drug-likeness (QED) is 0.623. The molecule has 5 rings (SSSR count). The minimum absolute atomic E-state index is 0.224. The Morgan fingerprint density at radius 2 is 1.83 bits per heavy atom. The van der Waals surface area contributed by atoms with Gasteiger partial charge < -0.3 is 13.9 Å². The first-order valence-electron chi connectivity index (χ1n) is 11.4. The van der Waals surface area contributed by atoms with E-state index in [0.29, 0.717) is 6.04 Å². The van der Waals surface area contributed by atoms with Gasteiger partial charge in [0.2, 0.25) is 5.88 Å². The van der Waals surface area contributed by atoms with Gasteiger partial charge in [-0.2, -0.15) is 0 Å². The van der Waals surface area contributed by atoms with Gasteiger partial charge in [0.25, 0.3) is 0 Å². The van der Waals surface area contributed by atoms with E-state index in [0.717, 1.165) is 49.4 Å². The molecule has 0 radical (unpaired) electrons. The fourth-order valence-corrected chi connectivity index (χ4v) is 5.32. The Labute approximate surface area is 178 Å². The van der Waals surface area contributed by atoms with Gasteiger partial charge in [0.05, 0.1) is 5.39 Å². The van der Waals surface area contributed by atoms with Crippen molar-refractivity contribution in [3.63, 3.8) is 0 Å². The van der Waals surface area contributed by atoms with Gasteiger partial charge in [0.1, 0.15) is 18.1 Å². The summed E-state index contributed by atoms with van der Waals surface area (Å²) >= 11 is 0. The Balaban J connectivity index is 1.31. The van der Waals surface area contributed by atoms with Crippen LogP contribution in [0.4, 0.5) is 0 Å². The van der Waals surface area contributed by atoms with Gasteiger partial charge in [-0.25, -0.2) is 9.97 Å². The Morgan fingerprint density at radius 1 is 1.07 bits per heavy atom. The van der Waals surface area contributed by atoms with E-state index >= 15 is 0 Å². The number of rotatable bonds is 5. The number of aromatic nitrogens is 4. The van der Waals surface area contributed by atoms with Crippen molar-refractivity contribution in [3.05, 3.63) is 41.6 Å². The first-order valence-corrected chi connectivity index (χ1v) is 11.4. The second-order valence-corrected chi connectivity index (χ2v) is 9.10. The highest BCUT2D eigenvalue weighted by Crippen LogP contribution is 2.38. The van der Waals surface area contributed by atoms with Gasteiger partial charge in [0.15, 0.2) is 0 Å². The molecule has 2 aliphatic rings. The molecular weight excluding hydrogens is 374 g/mol. The van der Waals surface area contributed by atoms with Crippen molar-refractivity contribution >= 4 is 11.0 Å². The van der Waals surface area contributed by atoms with Crippen LogP contribution in [0.3, 0.4) is 0 Å². The molecule has 0 N–H and O–H groups in total. The molecule has 0 spiro atoms. The zero-order valence-electron chi connectivity index (χ0n) is 18.5. The van der Waals surface area contributed by atoms with E-state index in [1.54, 1.807) is 6.33 Å². The molecule has 0 bridgehead atoms. The minimum atomic E-state index is 0.224. The highest BCUT2D eigenvalue weighted by molar-refractivity contribution is 5.86. The van der Waals surface area contributed by atoms with Gasteiger partial charge in [-0.15, -0.1) is 0 Å². The molecule has 1 aliphatic carbocycles. The summed E-state index contributed by atoms with van der Waals surface area (Å²) in [7, 11) is 2.12. The van der Waals surface area contributed by atoms with Crippen molar-refractivity contribution in [2.75, 3.05) is 13.1 Å². The van der Waals surface area contributed by atoms with Crippen LogP contribution in [0.5, 0.6) is 5.88 Å². The molecule has 30 heavy (non-hydrogen) atoms. The normalized spacial score (nSPS) is 19.2. The number of aryl methyl sites for hydroxylation is 2. The monoisotopic (exact) mass is 407 g/mol. The highest BCUT2D eigenvalue weighted by atomic mass is 16.5. The average Bonchev–Trinajstić information content (AvgIpc) is 3.46. The predicted octanol–water partition coefficient (Wildman–Crippen LogP) is 4.55. The molecular formula is C24H33N5O. The summed E-state index contributed by atoms with van der Waals surface area (Å²) in [5.41, 5.74) is 5.02. The summed E-state index contributed by atoms with van der Waals surface area (Å²) in [6.45, 7) is 7.55. The van der Waals surface area contributed by atoms with Crippen molar-refractivity contribution in [1.82, 2.24) is 24.0 Å². The smallest absolute Gasteiger partial charge is 0.226 e. The molecule has 6 heteroatoms. The van der Waals surface area contributed by atoms with Crippen LogP contribution in [0.2, 0.25) is 0 Å². The van der Waals surface area contributed by atoms with Crippen molar-refractivity contribution in [2.24, 2.45) is 7.05 Å². The lowest BCUT2D eigenvalue weighted by atomic mass is 10.1. The lowest BCUT2D eigenvalue weighted by molar-refractivity contribution is 0.0933. The van der Waals surface area contributed by atoms with E-state index < -0.39 is 0 Å². The molecule has 4 heterocycles. The Kier molecular flexibility index (Phi) is 5.27. The SMILES string of the molecule is Cc1c(C)n(C2CCCC2)c2ncnc(OC3CCN(Cc4cccn4C)CC3)c12. The third kappa shape index (κ3) is 3.51. The summed E-state index contributed by atoms with van der Waals surface area (Å²) in [5, 5.41) is 1.12. The van der Waals surface area contributed by atoms with E-state index in [1.807, 2.05) is 0 Å². The second-order valence-electron chi connectivity index (χ2n) is 9.10. The fourth-order valence-electron chi connectivity index (χ4n) is 5.32. The van der Waals surface area contributed by atoms with Gasteiger partial charge in [0, 0.05) is 50.3 Å². The molecule has 2 fully saturated rings. The fraction of sp³-hybridized carbons (Fsp3) is 0.583. The number of piperidine rings is 1. The van der Waals surface area contributed by atoms with E-state index in [9.17, 15) is 0 Å². The maximum Gasteiger partial charge on any atom is 0.226 e. The molecule has 0 unspecified atom stereocenters. The van der Waals surface area contributed by atoms with Gasteiger partial charge in [-0.3, -0.25) is 4.90 Å². The first kappa shape index (κ1) is 19.6. The average molecular weight is 408 g/mol. The van der Waals surface area contributed by atoms with Crippen LogP contribution in [0.1, 0.15) is 61.5 Å². The standard InChI is InChI=1S/C24H33N5O/c1-17-18(2)29(19-7-4-5-8-19)23-22(17)24(26-16-25-23)30-21-10-13-28(14-11-21)15-20-9-6-12-27(20)3/h6,9,12,16,19,21H,4-5,7-8,10-11,13-15H2,1-3H3. The van der Waals surface area contributed by atoms with Gasteiger partial charge in [-0.05, 0) is 57.2 Å². The Bertz CT molecular complexity index is 1020. The summed E-state index contributed by atoms with van der Waals surface area (Å²) in [5.74, 6) is 0.776. The van der Waals surface area contributed by atoms with Crippen LogP contribution < -0.4 is 4.74 Å². The second kappa shape index (κ2) is 8.06. The van der Waals surface area contributed by atoms with Crippen LogP contribution in [-0.4, -0.2) is 43.2 Å². The molecule has 1 saturated carbocycles. The summed E-state index contributed by atoms with van der Waals surface area (Å²) < 4.78 is 11.2. The van der Waals surface area contributed by atoms with Crippen LogP contribution in [0.25, 0.3) is 11.0 Å². The number of fused-ring (bicyclic) bond motifs is 1. The van der Waals surface area contributed by atoms with Crippen LogP contribution >= 0.6 is 0 Å². The van der Waals surface area contributed by atoms with Crippen molar-refractivity contribution in [2.45, 2.75) is 71.1 Å². The van der Waals surface area contributed by atoms with Crippen molar-refractivity contribution < 1.29 is 4.74 Å². The number of nitrogens with zero attached hydrogens (tertiary/aromatic N) is 5. The Morgan fingerprint density at radius 3 is 2.53 bits per heavy atom. The third-order valence-corrected chi connectivity index (χ3v) is 7.24. The van der Waals surface area contributed by atoms with E-state index in [2.05, 4.69) is 63.2 Å². The third-order valence-electron chi connectivity index (χ3n) is 7.24. The Hall–Kier alpha value is -2.34. The zero-order chi connectivity index (χ0) is 20.7. The number of likely N-dealkylation sites (tertiary alicyclic amines) is 1. The van der Waals surface area contributed by atoms with Crippen molar-refractivity contribution in [3.8, 4) is 5.88 Å². The van der Waals surface area contributed by atoms with Crippen molar-refractivity contribution in [1.29, 1.82) is 0 Å². The number of hydrogen-bond acceptors (Lipinski definition) is 4. The molecule has 160 valence electrons. The van der Waals surface area contributed by atoms with Crippen LogP contribution in [-0.2, 0) is 13.6 Å². The highest BCUT2D eigenvalue weighted by Gasteiger charge is 2.27. The van der Waals surface area contributed by atoms with Crippen LogP contribution in [0.15, 0.2) is 24.7 Å². The van der Waals surface area contributed by atoms with E-state index in [1.165, 1.54) is 42.6 Å². The lowest BCUT2D eigenvalue weighted by Crippen LogP contribution is -2.38. The topological polar surface area (TPSA) is 48.1 Å². The molecule has 0 atom stereocenters. The summed E-state index contributed by atoms with van der Waals surface area (Å²) in [6.07, 6.45) is 11.3.